The molecule has 1 aliphatic rings. The second-order valence-electron chi connectivity index (χ2n) is 16.3. The van der Waals surface area contributed by atoms with Crippen LogP contribution in [0, 0.1) is 17.8 Å². The number of carbonyl (C=O) groups excluding carboxylic acids is 4. The molecule has 0 spiro atoms. The second-order valence-corrected chi connectivity index (χ2v) is 18.3. The Morgan fingerprint density at radius 1 is 1.00 bits per heavy atom. The molecule has 2 rings (SSSR count). The number of benzene rings is 1. The van der Waals surface area contributed by atoms with Crippen LogP contribution in [0.4, 0.5) is 0 Å². The normalized spacial score (nSPS) is 18.4. The number of ether oxygens (including phenoxy) is 1. The van der Waals surface area contributed by atoms with Crippen LogP contribution in [0.5, 0.6) is 0 Å². The molecule has 0 bridgehead atoms. The fraction of sp³-hybridized carbons (Fsp3) is 0.756. The summed E-state index contributed by atoms with van der Waals surface area (Å²) in [6.07, 6.45) is 4.90. The first kappa shape index (κ1) is 45.5. The third-order valence-corrected chi connectivity index (χ3v) is 11.6. The van der Waals surface area contributed by atoms with E-state index in [-0.39, 0.29) is 70.0 Å². The van der Waals surface area contributed by atoms with E-state index >= 15 is 0 Å². The number of nitrogens with zero attached hydrogens (tertiary/aromatic N) is 2. The molecule has 1 aromatic carbocycles. The van der Waals surface area contributed by atoms with Crippen LogP contribution in [0.25, 0.3) is 0 Å². The van der Waals surface area contributed by atoms with E-state index in [9.17, 15) is 19.2 Å². The van der Waals surface area contributed by atoms with Crippen molar-refractivity contribution in [3.63, 3.8) is 0 Å². The molecule has 1 aromatic rings. The molecule has 1 heterocycles. The summed E-state index contributed by atoms with van der Waals surface area (Å²) < 4.78 is 6.02. The average Bonchev–Trinajstić information content (AvgIpc) is 3.54. The number of methoxy groups -OCH3 is 1. The molecule has 1 aliphatic heterocycles. The van der Waals surface area contributed by atoms with E-state index in [0.717, 1.165) is 32.1 Å². The number of carbonyl (C=O) groups is 4. The lowest BCUT2D eigenvalue weighted by atomic mass is 9.89. The molecule has 7 unspecified atom stereocenters. The molecule has 296 valence electrons. The van der Waals surface area contributed by atoms with Gasteiger partial charge in [0.15, 0.2) is 0 Å². The highest BCUT2D eigenvalue weighted by atomic mass is 32.2. The van der Waals surface area contributed by atoms with Crippen LogP contribution in [-0.2, 0) is 30.3 Å². The predicted octanol–water partition coefficient (Wildman–Crippen LogP) is 6.03. The second kappa shape index (κ2) is 21.9. The maximum atomic E-state index is 14.1. The summed E-state index contributed by atoms with van der Waals surface area (Å²) >= 11 is 1.77. The minimum absolute atomic E-state index is 0.00302. The molecule has 4 amide bonds. The first-order chi connectivity index (χ1) is 24.4. The molecule has 0 radical (unpaired) electrons. The molecule has 0 saturated carbocycles. The zero-order valence-electron chi connectivity index (χ0n) is 34.3. The predicted molar refractivity (Wildman–Crippen MR) is 214 cm³/mol. The lowest BCUT2D eigenvalue weighted by Crippen LogP contribution is -2.59. The van der Waals surface area contributed by atoms with Crippen molar-refractivity contribution in [1.29, 1.82) is 0 Å². The highest BCUT2D eigenvalue weighted by Crippen LogP contribution is 2.30. The van der Waals surface area contributed by atoms with Gasteiger partial charge < -0.3 is 30.5 Å². The van der Waals surface area contributed by atoms with Crippen molar-refractivity contribution in [1.82, 2.24) is 25.8 Å². The van der Waals surface area contributed by atoms with E-state index in [4.69, 9.17) is 4.74 Å². The Hall–Kier alpha value is -2.63. The van der Waals surface area contributed by atoms with Crippen LogP contribution in [0.3, 0.4) is 0 Å². The van der Waals surface area contributed by atoms with Gasteiger partial charge in [0, 0.05) is 44.3 Å². The average molecular weight is 746 g/mol. The van der Waals surface area contributed by atoms with Gasteiger partial charge in [-0.15, -0.1) is 11.8 Å². The number of amides is 4. The van der Waals surface area contributed by atoms with Gasteiger partial charge in [0.2, 0.25) is 23.6 Å². The Morgan fingerprint density at radius 2 is 1.63 bits per heavy atom. The number of hydrogen-bond donors (Lipinski definition) is 3. The topological polar surface area (TPSA) is 120 Å². The first-order valence-electron chi connectivity index (χ1n) is 19.5. The molecule has 52 heavy (non-hydrogen) atoms. The summed E-state index contributed by atoms with van der Waals surface area (Å²) in [5.41, 5.74) is 1.20. The third kappa shape index (κ3) is 14.3. The Labute approximate surface area is 319 Å². The van der Waals surface area contributed by atoms with Crippen LogP contribution in [0.2, 0.25) is 0 Å². The number of likely N-dealkylation sites (N-methyl/N-ethyl adjacent to an activating group) is 2. The van der Waals surface area contributed by atoms with E-state index in [1.54, 1.807) is 37.9 Å². The molecule has 1 saturated heterocycles. The summed E-state index contributed by atoms with van der Waals surface area (Å²) in [6, 6.07) is 8.83. The molecule has 10 nitrogen and oxygen atoms in total. The molecular formula is C41H71N5O5S. The summed E-state index contributed by atoms with van der Waals surface area (Å²) in [4.78, 5) is 58.0. The summed E-state index contributed by atoms with van der Waals surface area (Å²) in [5.74, 6) is -0.368. The Kier molecular flexibility index (Phi) is 19.2. The fourth-order valence-electron chi connectivity index (χ4n) is 7.35. The van der Waals surface area contributed by atoms with Gasteiger partial charge in [-0.3, -0.25) is 19.2 Å². The zero-order valence-corrected chi connectivity index (χ0v) is 35.1. The van der Waals surface area contributed by atoms with Gasteiger partial charge in [-0.25, -0.2) is 0 Å². The maximum absolute atomic E-state index is 14.1. The van der Waals surface area contributed by atoms with E-state index in [2.05, 4.69) is 62.7 Å². The van der Waals surface area contributed by atoms with Crippen molar-refractivity contribution in [2.75, 3.05) is 27.7 Å². The van der Waals surface area contributed by atoms with E-state index in [1.165, 1.54) is 5.56 Å². The Balaban J connectivity index is 2.08. The summed E-state index contributed by atoms with van der Waals surface area (Å²) in [5, 5.41) is 9.32. The van der Waals surface area contributed by atoms with Crippen LogP contribution < -0.4 is 16.0 Å². The smallest absolute Gasteiger partial charge is 0.245 e. The number of rotatable bonds is 21. The third-order valence-electron chi connectivity index (χ3n) is 10.3. The van der Waals surface area contributed by atoms with Crippen LogP contribution >= 0.6 is 11.8 Å². The lowest BCUT2D eigenvalue weighted by Gasteiger charge is -2.40. The minimum Gasteiger partial charge on any atom is -0.379 e. The molecule has 11 heteroatoms. The SMILES string of the molecule is CCC(C)C(C(CC(=O)N1CCCC1CCCC(=O)NC(Cc1ccccc1)SC(C)(C)C)OC)N(C)C(=O)C(NC(=O)C(NC)C(C)C)C(C)C. The number of likely N-dealkylation sites (tertiary alicyclic amines) is 1. The van der Waals surface area contributed by atoms with Crippen molar-refractivity contribution < 1.29 is 23.9 Å². The van der Waals surface area contributed by atoms with E-state index in [0.29, 0.717) is 19.4 Å². The van der Waals surface area contributed by atoms with Gasteiger partial charge >= 0.3 is 0 Å². The monoisotopic (exact) mass is 746 g/mol. The zero-order chi connectivity index (χ0) is 39.2. The van der Waals surface area contributed by atoms with Crippen molar-refractivity contribution in [3.05, 3.63) is 35.9 Å². The minimum atomic E-state index is -0.715. The van der Waals surface area contributed by atoms with Crippen LogP contribution in [0.1, 0.15) is 113 Å². The van der Waals surface area contributed by atoms with Crippen LogP contribution in [-0.4, -0.2) is 102 Å². The summed E-state index contributed by atoms with van der Waals surface area (Å²) in [6.45, 7) is 19.1. The van der Waals surface area contributed by atoms with E-state index < -0.39 is 18.2 Å². The molecule has 3 N–H and O–H groups in total. The number of thioether (sulfide) groups is 1. The van der Waals surface area contributed by atoms with E-state index in [1.807, 2.05) is 50.8 Å². The van der Waals surface area contributed by atoms with Gasteiger partial charge in [-0.05, 0) is 56.0 Å². The van der Waals surface area contributed by atoms with Gasteiger partial charge in [0.1, 0.15) is 6.04 Å². The largest absolute Gasteiger partial charge is 0.379 e. The van der Waals surface area contributed by atoms with Crippen molar-refractivity contribution in [2.24, 2.45) is 17.8 Å². The van der Waals surface area contributed by atoms with Crippen molar-refractivity contribution in [3.8, 4) is 0 Å². The quantitative estimate of drug-likeness (QED) is 0.132. The molecule has 1 fully saturated rings. The fourth-order valence-corrected chi connectivity index (χ4v) is 8.67. The summed E-state index contributed by atoms with van der Waals surface area (Å²) in [7, 11) is 5.12. The Bertz CT molecular complexity index is 1260. The molecular weight excluding hydrogens is 675 g/mol. The number of hydrogen-bond acceptors (Lipinski definition) is 7. The molecule has 0 aromatic heterocycles. The van der Waals surface area contributed by atoms with Gasteiger partial charge in [-0.2, -0.15) is 0 Å². The standard InChI is InChI=1S/C41H71N5O5S/c1-13-29(6)38(45(11)40(50)37(28(4)5)44-39(49)36(42-10)27(2)3)32(51-12)26-35(48)46-24-18-22-31(46)21-17-23-33(47)43-34(52-41(7,8)9)25-30-19-15-14-16-20-30/h14-16,19-20,27-29,31-32,34,36-38,42H,13,17-18,21-26H2,1-12H3,(H,43,47)(H,44,49). The van der Waals surface area contributed by atoms with Crippen molar-refractivity contribution >= 4 is 35.4 Å². The molecule has 0 aliphatic carbocycles. The van der Waals surface area contributed by atoms with Gasteiger partial charge in [0.05, 0.1) is 30.0 Å². The highest BCUT2D eigenvalue weighted by molar-refractivity contribution is 8.01. The maximum Gasteiger partial charge on any atom is 0.245 e. The number of nitrogens with one attached hydrogen (secondary N) is 3. The molecule has 7 atom stereocenters. The van der Waals surface area contributed by atoms with Gasteiger partial charge in [-0.1, -0.05) is 99.1 Å². The first-order valence-corrected chi connectivity index (χ1v) is 20.4. The Morgan fingerprint density at radius 3 is 2.17 bits per heavy atom. The van der Waals surface area contributed by atoms with Gasteiger partial charge in [0.25, 0.3) is 0 Å². The van der Waals surface area contributed by atoms with Crippen molar-refractivity contribution in [2.45, 2.75) is 154 Å². The van der Waals surface area contributed by atoms with Crippen LogP contribution in [0.15, 0.2) is 30.3 Å². The highest BCUT2D eigenvalue weighted by Gasteiger charge is 2.40. The lowest BCUT2D eigenvalue weighted by molar-refractivity contribution is -0.146.